The summed E-state index contributed by atoms with van der Waals surface area (Å²) < 4.78 is 10.8. The van der Waals surface area contributed by atoms with Crippen LogP contribution in [-0.2, 0) is 9.59 Å². The van der Waals surface area contributed by atoms with Crippen LogP contribution in [0, 0.1) is 10.1 Å². The van der Waals surface area contributed by atoms with Gasteiger partial charge in [-0.25, -0.2) is 0 Å². The molecule has 2 aromatic rings. The number of nitrogens with zero attached hydrogens (tertiary/aromatic N) is 2. The second kappa shape index (κ2) is 8.86. The number of ketones is 1. The third kappa shape index (κ3) is 3.81. The molecule has 1 unspecified atom stereocenters. The molecule has 1 heterocycles. The maximum atomic E-state index is 12.9. The Bertz CT molecular complexity index is 1080. The highest BCUT2D eigenvalue weighted by atomic mass is 16.6. The predicted molar refractivity (Wildman–Crippen MR) is 112 cm³/mol. The molecule has 0 bridgehead atoms. The molecule has 9 nitrogen and oxygen atoms in total. The van der Waals surface area contributed by atoms with Gasteiger partial charge < -0.3 is 19.5 Å². The molecule has 1 N–H and O–H groups in total. The standard InChI is InChI=1S/C22H22N2O7/c1-4-11-23-18(15-9-6-10-16(30-2)21(15)31-3)17(20(26)22(23)27)19(25)13-7-5-8-14(12-13)24(28)29/h5-10,12,18,25H,4,11H2,1-3H3/b19-17+. The molecule has 1 aliphatic rings. The van der Waals surface area contributed by atoms with Crippen LogP contribution in [0.2, 0.25) is 0 Å². The molecule has 162 valence electrons. The Balaban J connectivity index is 2.28. The number of nitro benzene ring substituents is 1. The molecule has 2 aromatic carbocycles. The first-order valence-electron chi connectivity index (χ1n) is 9.59. The number of Topliss-reactive ketones (excluding diaryl/α,β-unsaturated/α-hetero) is 1. The Hall–Kier alpha value is -3.88. The lowest BCUT2D eigenvalue weighted by atomic mass is 9.94. The predicted octanol–water partition coefficient (Wildman–Crippen LogP) is 3.44. The molecule has 0 radical (unpaired) electrons. The quantitative estimate of drug-likeness (QED) is 0.237. The van der Waals surface area contributed by atoms with Gasteiger partial charge in [0.15, 0.2) is 11.5 Å². The molecule has 1 atom stereocenters. The molecular weight excluding hydrogens is 404 g/mol. The van der Waals surface area contributed by atoms with Crippen molar-refractivity contribution in [3.63, 3.8) is 0 Å². The zero-order valence-corrected chi connectivity index (χ0v) is 17.3. The minimum Gasteiger partial charge on any atom is -0.507 e. The fourth-order valence-electron chi connectivity index (χ4n) is 3.72. The van der Waals surface area contributed by atoms with Crippen molar-refractivity contribution >= 4 is 23.1 Å². The van der Waals surface area contributed by atoms with E-state index in [4.69, 9.17) is 9.47 Å². The number of hydrogen-bond donors (Lipinski definition) is 1. The van der Waals surface area contributed by atoms with Crippen LogP contribution in [0.4, 0.5) is 5.69 Å². The Kier molecular flexibility index (Phi) is 6.24. The number of rotatable bonds is 7. The first-order valence-corrected chi connectivity index (χ1v) is 9.59. The number of benzene rings is 2. The van der Waals surface area contributed by atoms with Crippen molar-refractivity contribution < 1.29 is 29.1 Å². The monoisotopic (exact) mass is 426 g/mol. The molecule has 1 amide bonds. The van der Waals surface area contributed by atoms with Gasteiger partial charge in [-0.3, -0.25) is 19.7 Å². The van der Waals surface area contributed by atoms with Crippen molar-refractivity contribution in [2.75, 3.05) is 20.8 Å². The maximum absolute atomic E-state index is 12.9. The molecule has 0 aromatic heterocycles. The minimum atomic E-state index is -0.940. The van der Waals surface area contributed by atoms with Crippen LogP contribution in [0.15, 0.2) is 48.0 Å². The van der Waals surface area contributed by atoms with Gasteiger partial charge in [-0.1, -0.05) is 31.2 Å². The van der Waals surface area contributed by atoms with E-state index in [1.807, 2.05) is 6.92 Å². The zero-order valence-electron chi connectivity index (χ0n) is 17.3. The molecule has 0 spiro atoms. The second-order valence-electron chi connectivity index (χ2n) is 6.88. The summed E-state index contributed by atoms with van der Waals surface area (Å²) in [5.74, 6) is -1.40. The highest BCUT2D eigenvalue weighted by molar-refractivity contribution is 6.46. The van der Waals surface area contributed by atoms with Crippen LogP contribution in [0.3, 0.4) is 0 Å². The van der Waals surface area contributed by atoms with Gasteiger partial charge in [-0.05, 0) is 12.5 Å². The van der Waals surface area contributed by atoms with Gasteiger partial charge in [0.25, 0.3) is 17.4 Å². The largest absolute Gasteiger partial charge is 0.507 e. The average Bonchev–Trinajstić information content (AvgIpc) is 3.03. The summed E-state index contributed by atoms with van der Waals surface area (Å²) >= 11 is 0. The van der Waals surface area contributed by atoms with Crippen molar-refractivity contribution in [2.24, 2.45) is 0 Å². The highest BCUT2D eigenvalue weighted by Crippen LogP contribution is 2.45. The molecule has 9 heteroatoms. The number of carbonyl (C=O) groups excluding carboxylic acids is 2. The van der Waals surface area contributed by atoms with Crippen LogP contribution < -0.4 is 9.47 Å². The van der Waals surface area contributed by atoms with E-state index in [0.717, 1.165) is 6.07 Å². The van der Waals surface area contributed by atoms with Crippen LogP contribution in [0.1, 0.15) is 30.5 Å². The van der Waals surface area contributed by atoms with Gasteiger partial charge in [0.05, 0.1) is 30.8 Å². The first-order chi connectivity index (χ1) is 14.8. The van der Waals surface area contributed by atoms with Crippen molar-refractivity contribution in [3.05, 3.63) is 69.3 Å². The van der Waals surface area contributed by atoms with Gasteiger partial charge in [-0.15, -0.1) is 0 Å². The van der Waals surface area contributed by atoms with Crippen molar-refractivity contribution in [3.8, 4) is 11.5 Å². The van der Waals surface area contributed by atoms with Crippen LogP contribution in [-0.4, -0.2) is 47.4 Å². The summed E-state index contributed by atoms with van der Waals surface area (Å²) in [5, 5.41) is 22.1. The molecular formula is C22H22N2O7. The van der Waals surface area contributed by atoms with Crippen LogP contribution in [0.5, 0.6) is 11.5 Å². The number of hydrogen-bond acceptors (Lipinski definition) is 7. The Morgan fingerprint density at radius 2 is 1.87 bits per heavy atom. The fourth-order valence-corrected chi connectivity index (χ4v) is 3.72. The summed E-state index contributed by atoms with van der Waals surface area (Å²) in [6.07, 6.45) is 0.576. The minimum absolute atomic E-state index is 0.0653. The third-order valence-corrected chi connectivity index (χ3v) is 5.06. The average molecular weight is 426 g/mol. The Morgan fingerprint density at radius 3 is 2.48 bits per heavy atom. The van der Waals surface area contributed by atoms with Crippen molar-refractivity contribution in [2.45, 2.75) is 19.4 Å². The van der Waals surface area contributed by atoms with Gasteiger partial charge in [0.1, 0.15) is 5.76 Å². The van der Waals surface area contributed by atoms with E-state index < -0.39 is 28.4 Å². The Labute approximate surface area is 178 Å². The molecule has 1 aliphatic heterocycles. The van der Waals surface area contributed by atoms with E-state index in [9.17, 15) is 24.8 Å². The van der Waals surface area contributed by atoms with E-state index in [2.05, 4.69) is 0 Å². The topological polar surface area (TPSA) is 119 Å². The van der Waals surface area contributed by atoms with Gasteiger partial charge >= 0.3 is 0 Å². The lowest BCUT2D eigenvalue weighted by Crippen LogP contribution is -2.30. The molecule has 1 saturated heterocycles. The summed E-state index contributed by atoms with van der Waals surface area (Å²) in [7, 11) is 2.90. The first kappa shape index (κ1) is 21.8. The SMILES string of the molecule is CCCN1C(=O)C(=O)/C(=C(/O)c2cccc([N+](=O)[O-])c2)C1c1cccc(OC)c1OC. The van der Waals surface area contributed by atoms with Gasteiger partial charge in [0.2, 0.25) is 0 Å². The summed E-state index contributed by atoms with van der Waals surface area (Å²) in [6.45, 7) is 2.13. The lowest BCUT2D eigenvalue weighted by Gasteiger charge is -2.26. The highest BCUT2D eigenvalue weighted by Gasteiger charge is 2.47. The molecule has 31 heavy (non-hydrogen) atoms. The normalized spacial score (nSPS) is 17.6. The number of methoxy groups -OCH3 is 2. The van der Waals surface area contributed by atoms with Gasteiger partial charge in [0, 0.05) is 29.8 Å². The Morgan fingerprint density at radius 1 is 1.16 bits per heavy atom. The number of aliphatic hydroxyl groups excluding tert-OH is 1. The molecule has 1 fully saturated rings. The number of likely N-dealkylation sites (tertiary alicyclic amines) is 1. The molecule has 0 aliphatic carbocycles. The number of carbonyl (C=O) groups is 2. The number of nitro groups is 1. The number of non-ortho nitro benzene ring substituents is 1. The zero-order chi connectivity index (χ0) is 22.7. The number of ether oxygens (including phenoxy) is 2. The summed E-state index contributed by atoms with van der Waals surface area (Å²) in [4.78, 5) is 37.7. The van der Waals surface area contributed by atoms with E-state index in [1.54, 1.807) is 18.2 Å². The summed E-state index contributed by atoms with van der Waals surface area (Å²) in [5.41, 5.74) is 0.116. The second-order valence-corrected chi connectivity index (χ2v) is 6.88. The number of para-hydroxylation sites is 1. The van der Waals surface area contributed by atoms with E-state index in [-0.39, 0.29) is 23.4 Å². The smallest absolute Gasteiger partial charge is 0.295 e. The lowest BCUT2D eigenvalue weighted by molar-refractivity contribution is -0.384. The van der Waals surface area contributed by atoms with Crippen LogP contribution >= 0.6 is 0 Å². The summed E-state index contributed by atoms with van der Waals surface area (Å²) in [6, 6.07) is 9.37. The van der Waals surface area contributed by atoms with E-state index in [0.29, 0.717) is 23.5 Å². The number of amides is 1. The molecule has 3 rings (SSSR count). The van der Waals surface area contributed by atoms with E-state index in [1.165, 1.54) is 37.3 Å². The third-order valence-electron chi connectivity index (χ3n) is 5.06. The fraction of sp³-hybridized carbons (Fsp3) is 0.273. The van der Waals surface area contributed by atoms with Crippen molar-refractivity contribution in [1.29, 1.82) is 0 Å². The van der Waals surface area contributed by atoms with Crippen LogP contribution in [0.25, 0.3) is 5.76 Å². The number of aliphatic hydroxyl groups is 1. The van der Waals surface area contributed by atoms with Crippen molar-refractivity contribution in [1.82, 2.24) is 4.90 Å². The van der Waals surface area contributed by atoms with Gasteiger partial charge in [-0.2, -0.15) is 0 Å². The molecule has 0 saturated carbocycles. The maximum Gasteiger partial charge on any atom is 0.295 e. The van der Waals surface area contributed by atoms with E-state index >= 15 is 0 Å².